The number of carbonyl (C=O) groups is 1. The number of carbonyl (C=O) groups excluding carboxylic acids is 1. The van der Waals surface area contributed by atoms with Crippen LogP contribution in [0.25, 0.3) is 10.9 Å². The highest BCUT2D eigenvalue weighted by Gasteiger charge is 2.28. The van der Waals surface area contributed by atoms with Crippen molar-refractivity contribution in [1.29, 1.82) is 0 Å². The molecule has 1 fully saturated rings. The molecule has 8 nitrogen and oxygen atoms in total. The molecule has 1 aromatic heterocycles. The van der Waals surface area contributed by atoms with Crippen molar-refractivity contribution in [2.24, 2.45) is 24.0 Å². The summed E-state index contributed by atoms with van der Waals surface area (Å²) >= 11 is 0. The number of urea groups is 1. The number of aryl methyl sites for hydroxylation is 1. The minimum absolute atomic E-state index is 0.0563. The van der Waals surface area contributed by atoms with E-state index < -0.39 is 0 Å². The molecule has 3 atom stereocenters. The molecule has 8 heteroatoms. The smallest absolute Gasteiger partial charge is 0.317 e. The summed E-state index contributed by atoms with van der Waals surface area (Å²) in [6, 6.07) is 6.52. The zero-order chi connectivity index (χ0) is 25.8. The maximum atomic E-state index is 13.4. The molecule has 0 saturated carbocycles. The average Bonchev–Trinajstić information content (AvgIpc) is 3.30. The Labute approximate surface area is 220 Å². The number of benzene rings is 1. The van der Waals surface area contributed by atoms with Crippen molar-refractivity contribution in [2.75, 3.05) is 39.3 Å². The summed E-state index contributed by atoms with van der Waals surface area (Å²) < 4.78 is 1.83. The molecule has 2 aromatic rings. The van der Waals surface area contributed by atoms with Gasteiger partial charge in [0.25, 0.3) is 0 Å². The highest BCUT2D eigenvalue weighted by Crippen LogP contribution is 2.27. The fraction of sp³-hybridized carbons (Fsp3) is 0.552. The molecule has 3 aliphatic rings. The summed E-state index contributed by atoms with van der Waals surface area (Å²) in [6.45, 7) is 9.81. The Morgan fingerprint density at radius 3 is 2.97 bits per heavy atom. The zero-order valence-electron chi connectivity index (χ0n) is 22.5. The molecule has 1 aliphatic carbocycles. The van der Waals surface area contributed by atoms with E-state index in [4.69, 9.17) is 0 Å². The lowest BCUT2D eigenvalue weighted by molar-refractivity contribution is 0.152. The molecule has 5 rings (SSSR count). The van der Waals surface area contributed by atoms with Crippen LogP contribution in [-0.4, -0.2) is 76.6 Å². The lowest BCUT2D eigenvalue weighted by Gasteiger charge is -2.38. The van der Waals surface area contributed by atoms with Gasteiger partial charge in [0.1, 0.15) is 0 Å². The molecular formula is C29H41N7O. The van der Waals surface area contributed by atoms with Gasteiger partial charge in [-0.3, -0.25) is 4.68 Å². The van der Waals surface area contributed by atoms with Crippen LogP contribution < -0.4 is 10.7 Å². The van der Waals surface area contributed by atoms with Gasteiger partial charge in [0.05, 0.1) is 11.2 Å². The Kier molecular flexibility index (Phi) is 7.93. The van der Waals surface area contributed by atoms with Crippen molar-refractivity contribution in [3.05, 3.63) is 53.8 Å². The normalized spacial score (nSPS) is 25.5. The standard InChI is InChI=1S/C29H41N7O/c1-21-7-4-8-22(2)26(21)20-35-14-5-9-25(19-35)31-29(37)36-15-6-13-30-32-27(12-16-36)23-10-11-28-24(17-23)18-34(3)33-28/h4,7-8,10-11,17-18,21,25-26,30H,5-6,9,12-16,19-20H2,1-3H3,(H,31,37). The zero-order valence-corrected chi connectivity index (χ0v) is 22.5. The molecule has 2 amide bonds. The molecule has 1 aromatic carbocycles. The fourth-order valence-corrected chi connectivity index (χ4v) is 5.90. The Morgan fingerprint density at radius 1 is 1.22 bits per heavy atom. The van der Waals surface area contributed by atoms with Gasteiger partial charge in [0, 0.05) is 63.8 Å². The molecule has 1 saturated heterocycles. The second-order valence-corrected chi connectivity index (χ2v) is 10.9. The number of allylic oxidation sites excluding steroid dienone is 3. The van der Waals surface area contributed by atoms with E-state index in [9.17, 15) is 4.79 Å². The summed E-state index contributed by atoms with van der Waals surface area (Å²) in [7, 11) is 1.94. The third kappa shape index (κ3) is 6.24. The van der Waals surface area contributed by atoms with Crippen molar-refractivity contribution in [2.45, 2.75) is 45.6 Å². The summed E-state index contributed by atoms with van der Waals surface area (Å²) in [5.74, 6) is 1.13. The lowest BCUT2D eigenvalue weighted by atomic mass is 9.83. The predicted octanol–water partition coefficient (Wildman–Crippen LogP) is 3.91. The molecule has 2 aliphatic heterocycles. The van der Waals surface area contributed by atoms with E-state index in [1.54, 1.807) is 0 Å². The predicted molar refractivity (Wildman–Crippen MR) is 150 cm³/mol. The van der Waals surface area contributed by atoms with Gasteiger partial charge in [-0.2, -0.15) is 10.2 Å². The number of nitrogens with one attached hydrogen (secondary N) is 2. The van der Waals surface area contributed by atoms with Crippen LogP contribution in [0.1, 0.15) is 45.1 Å². The van der Waals surface area contributed by atoms with Crippen LogP contribution in [0.5, 0.6) is 0 Å². The molecule has 2 N–H and O–H groups in total. The largest absolute Gasteiger partial charge is 0.334 e. The summed E-state index contributed by atoms with van der Waals surface area (Å²) in [5, 5.41) is 13.6. The first-order valence-electron chi connectivity index (χ1n) is 13.8. The monoisotopic (exact) mass is 503 g/mol. The number of fused-ring (bicyclic) bond motifs is 1. The minimum atomic E-state index is 0.0563. The maximum Gasteiger partial charge on any atom is 0.317 e. The number of amides is 2. The van der Waals surface area contributed by atoms with Crippen LogP contribution in [0.3, 0.4) is 0 Å². The van der Waals surface area contributed by atoms with Gasteiger partial charge in [-0.05, 0) is 62.3 Å². The van der Waals surface area contributed by atoms with E-state index in [-0.39, 0.29) is 12.1 Å². The van der Waals surface area contributed by atoms with Gasteiger partial charge >= 0.3 is 6.03 Å². The second kappa shape index (κ2) is 11.5. The number of rotatable bonds is 4. The topological polar surface area (TPSA) is 77.8 Å². The number of aromatic nitrogens is 2. The number of hydrazone groups is 1. The number of hydrogen-bond acceptors (Lipinski definition) is 5. The number of piperidine rings is 1. The van der Waals surface area contributed by atoms with Gasteiger partial charge in [-0.25, -0.2) is 4.79 Å². The summed E-state index contributed by atoms with van der Waals surface area (Å²) in [6.07, 6.45) is 12.5. The van der Waals surface area contributed by atoms with Crippen LogP contribution in [0.4, 0.5) is 4.79 Å². The van der Waals surface area contributed by atoms with E-state index in [1.165, 1.54) is 5.57 Å². The van der Waals surface area contributed by atoms with E-state index in [1.807, 2.05) is 28.9 Å². The molecule has 198 valence electrons. The Morgan fingerprint density at radius 2 is 2.11 bits per heavy atom. The van der Waals surface area contributed by atoms with Crippen molar-refractivity contribution in [3.63, 3.8) is 0 Å². The first-order valence-corrected chi connectivity index (χ1v) is 13.8. The molecule has 0 bridgehead atoms. The first kappa shape index (κ1) is 25.5. The van der Waals surface area contributed by atoms with Crippen molar-refractivity contribution in [3.8, 4) is 0 Å². The van der Waals surface area contributed by atoms with Gasteiger partial charge in [0.2, 0.25) is 0 Å². The van der Waals surface area contributed by atoms with Crippen LogP contribution in [0.15, 0.2) is 53.3 Å². The second-order valence-electron chi connectivity index (χ2n) is 10.9. The first-order chi connectivity index (χ1) is 18.0. The minimum Gasteiger partial charge on any atom is -0.334 e. The lowest BCUT2D eigenvalue weighted by Crippen LogP contribution is -2.53. The number of hydrogen-bond donors (Lipinski definition) is 2. The summed E-state index contributed by atoms with van der Waals surface area (Å²) in [4.78, 5) is 17.9. The van der Waals surface area contributed by atoms with Gasteiger partial charge in [-0.1, -0.05) is 36.8 Å². The van der Waals surface area contributed by atoms with Gasteiger partial charge < -0.3 is 20.5 Å². The Bertz CT molecular complexity index is 1200. The Balaban J connectivity index is 1.18. The SMILES string of the molecule is CC1=CC=CC(C)C1CN1CCCC(NC(=O)N2CCCNN=C(c3ccc4nn(C)cc4c3)CC2)C1. The molecule has 3 heterocycles. The highest BCUT2D eigenvalue weighted by atomic mass is 16.2. The quantitative estimate of drug-likeness (QED) is 0.663. The van der Waals surface area contributed by atoms with E-state index in [0.717, 1.165) is 74.2 Å². The van der Waals surface area contributed by atoms with Crippen molar-refractivity contribution in [1.82, 2.24) is 30.3 Å². The molecular weight excluding hydrogens is 462 g/mol. The molecule has 3 unspecified atom stereocenters. The molecule has 0 spiro atoms. The third-order valence-corrected chi connectivity index (χ3v) is 8.07. The molecule has 0 radical (unpaired) electrons. The highest BCUT2D eigenvalue weighted by molar-refractivity contribution is 6.03. The van der Waals surface area contributed by atoms with Crippen LogP contribution in [0, 0.1) is 11.8 Å². The van der Waals surface area contributed by atoms with Crippen LogP contribution in [-0.2, 0) is 7.05 Å². The maximum absolute atomic E-state index is 13.4. The van der Waals surface area contributed by atoms with Gasteiger partial charge in [-0.15, -0.1) is 0 Å². The number of likely N-dealkylation sites (tertiary alicyclic amines) is 1. The number of nitrogens with zero attached hydrogens (tertiary/aromatic N) is 5. The fourth-order valence-electron chi connectivity index (χ4n) is 5.90. The van der Waals surface area contributed by atoms with Crippen molar-refractivity contribution < 1.29 is 4.79 Å². The third-order valence-electron chi connectivity index (χ3n) is 8.07. The van der Waals surface area contributed by atoms with Crippen molar-refractivity contribution >= 4 is 22.6 Å². The van der Waals surface area contributed by atoms with Crippen LogP contribution in [0.2, 0.25) is 0 Å². The molecule has 37 heavy (non-hydrogen) atoms. The van der Waals surface area contributed by atoms with E-state index in [0.29, 0.717) is 24.8 Å². The van der Waals surface area contributed by atoms with Crippen LogP contribution >= 0.6 is 0 Å². The Hall–Kier alpha value is -3.13. The van der Waals surface area contributed by atoms with Gasteiger partial charge in [0.15, 0.2) is 0 Å². The van der Waals surface area contributed by atoms with E-state index >= 15 is 0 Å². The van der Waals surface area contributed by atoms with E-state index in [2.05, 4.69) is 70.1 Å². The average molecular weight is 504 g/mol. The summed E-state index contributed by atoms with van der Waals surface area (Å²) in [5.41, 5.74) is 7.71.